The summed E-state index contributed by atoms with van der Waals surface area (Å²) in [5.74, 6) is 0.0136. The lowest BCUT2D eigenvalue weighted by Gasteiger charge is -2.08. The van der Waals surface area contributed by atoms with E-state index in [2.05, 4.69) is 20.7 Å². The van der Waals surface area contributed by atoms with Crippen molar-refractivity contribution >= 4 is 22.2 Å². The third-order valence-corrected chi connectivity index (χ3v) is 2.61. The zero-order valence-corrected chi connectivity index (χ0v) is 10.0. The van der Waals surface area contributed by atoms with Gasteiger partial charge < -0.3 is 4.74 Å². The van der Waals surface area contributed by atoms with Gasteiger partial charge in [0.15, 0.2) is 0 Å². The van der Waals surface area contributed by atoms with Gasteiger partial charge in [-0.3, -0.25) is 4.79 Å². The summed E-state index contributed by atoms with van der Waals surface area (Å²) in [6, 6.07) is 4.43. The number of aryl methyl sites for hydroxylation is 1. The number of halogens is 3. The summed E-state index contributed by atoms with van der Waals surface area (Å²) in [5, 5.41) is 0.834. The summed E-state index contributed by atoms with van der Waals surface area (Å²) in [5.41, 5.74) is 1.25. The van der Waals surface area contributed by atoms with Gasteiger partial charge in [-0.1, -0.05) is 22.0 Å². The number of rotatable bonds is 6. The Morgan fingerprint density at radius 1 is 1.44 bits per heavy atom. The van der Waals surface area contributed by atoms with Crippen molar-refractivity contribution in [3.05, 3.63) is 29.3 Å². The van der Waals surface area contributed by atoms with E-state index in [4.69, 9.17) is 0 Å². The minimum absolute atomic E-state index is 0.0136. The van der Waals surface area contributed by atoms with E-state index in [0.717, 1.165) is 23.7 Å². The fraction of sp³-hybridized carbons (Fsp3) is 0.364. The number of alkyl halides is 3. The van der Waals surface area contributed by atoms with E-state index in [1.807, 2.05) is 0 Å². The first-order chi connectivity index (χ1) is 7.67. The van der Waals surface area contributed by atoms with Crippen molar-refractivity contribution < 1.29 is 18.3 Å². The van der Waals surface area contributed by atoms with E-state index in [9.17, 15) is 13.6 Å². The van der Waals surface area contributed by atoms with Gasteiger partial charge in [-0.2, -0.15) is 8.78 Å². The van der Waals surface area contributed by atoms with Crippen molar-refractivity contribution in [2.45, 2.75) is 19.5 Å². The molecule has 0 radical (unpaired) electrons. The Hall–Kier alpha value is -0.970. The van der Waals surface area contributed by atoms with Gasteiger partial charge in [0, 0.05) is 10.9 Å². The summed E-state index contributed by atoms with van der Waals surface area (Å²) in [4.78, 5) is 10.8. The molecule has 0 heterocycles. The fourth-order valence-corrected chi connectivity index (χ4v) is 1.62. The Labute approximate surface area is 101 Å². The Kier molecular flexibility index (Phi) is 5.38. The summed E-state index contributed by atoms with van der Waals surface area (Å²) in [6.45, 7) is -2.87. The average molecular weight is 293 g/mol. The smallest absolute Gasteiger partial charge is 0.387 e. The first-order valence-electron chi connectivity index (χ1n) is 4.76. The average Bonchev–Trinajstić information content (AvgIpc) is 2.26. The fourth-order valence-electron chi connectivity index (χ4n) is 1.34. The molecule has 0 aliphatic heterocycles. The molecule has 0 saturated heterocycles. The Morgan fingerprint density at radius 2 is 2.19 bits per heavy atom. The predicted octanol–water partition coefficient (Wildman–Crippen LogP) is 3.43. The van der Waals surface area contributed by atoms with Crippen LogP contribution in [0.1, 0.15) is 22.3 Å². The van der Waals surface area contributed by atoms with Gasteiger partial charge in [-0.25, -0.2) is 0 Å². The molecule has 1 rings (SSSR count). The zero-order chi connectivity index (χ0) is 12.0. The molecule has 5 heteroatoms. The number of hydrogen-bond donors (Lipinski definition) is 0. The number of ether oxygens (including phenoxy) is 1. The van der Waals surface area contributed by atoms with Gasteiger partial charge in [0.05, 0.1) is 0 Å². The first-order valence-corrected chi connectivity index (χ1v) is 5.88. The number of carbonyl (C=O) groups excluding carboxylic acids is 1. The molecular weight excluding hydrogens is 282 g/mol. The molecule has 0 unspecified atom stereocenters. The summed E-state index contributed by atoms with van der Waals surface area (Å²) in [7, 11) is 0. The van der Waals surface area contributed by atoms with E-state index in [1.54, 1.807) is 6.07 Å². The predicted molar refractivity (Wildman–Crippen MR) is 60.6 cm³/mol. The maximum Gasteiger partial charge on any atom is 0.387 e. The van der Waals surface area contributed by atoms with Crippen molar-refractivity contribution in [2.24, 2.45) is 0 Å². The van der Waals surface area contributed by atoms with Gasteiger partial charge in [0.1, 0.15) is 12.0 Å². The highest BCUT2D eigenvalue weighted by Gasteiger charge is 2.07. The van der Waals surface area contributed by atoms with Crippen molar-refractivity contribution in [3.63, 3.8) is 0 Å². The highest BCUT2D eigenvalue weighted by atomic mass is 79.9. The van der Waals surface area contributed by atoms with Crippen LogP contribution in [0.3, 0.4) is 0 Å². The molecule has 0 amide bonds. The summed E-state index contributed by atoms with van der Waals surface area (Å²) >= 11 is 3.29. The lowest BCUT2D eigenvalue weighted by Crippen LogP contribution is -2.03. The second-order valence-corrected chi connectivity index (χ2v) is 3.94. The molecule has 2 nitrogen and oxygen atoms in total. The van der Waals surface area contributed by atoms with Crippen molar-refractivity contribution in [1.82, 2.24) is 0 Å². The van der Waals surface area contributed by atoms with Gasteiger partial charge in [0.25, 0.3) is 0 Å². The molecule has 0 N–H and O–H groups in total. The largest absolute Gasteiger partial charge is 0.435 e. The third-order valence-electron chi connectivity index (χ3n) is 2.05. The van der Waals surface area contributed by atoms with E-state index < -0.39 is 6.61 Å². The molecule has 0 aliphatic rings. The van der Waals surface area contributed by atoms with E-state index in [0.29, 0.717) is 11.8 Å². The molecule has 0 fully saturated rings. The normalized spacial score (nSPS) is 10.5. The van der Waals surface area contributed by atoms with Crippen LogP contribution in [0.4, 0.5) is 8.78 Å². The van der Waals surface area contributed by atoms with Gasteiger partial charge in [-0.05, 0) is 30.5 Å². The quantitative estimate of drug-likeness (QED) is 0.593. The maximum atomic E-state index is 11.9. The van der Waals surface area contributed by atoms with E-state index >= 15 is 0 Å². The number of carbonyl (C=O) groups is 1. The summed E-state index contributed by atoms with van der Waals surface area (Å²) < 4.78 is 28.1. The molecule has 0 spiro atoms. The van der Waals surface area contributed by atoms with Crippen LogP contribution < -0.4 is 4.74 Å². The first kappa shape index (κ1) is 13.1. The Balaban J connectivity index is 2.84. The van der Waals surface area contributed by atoms with E-state index in [1.165, 1.54) is 12.1 Å². The van der Waals surface area contributed by atoms with Gasteiger partial charge in [-0.15, -0.1) is 0 Å². The Bertz CT molecular complexity index is 356. The van der Waals surface area contributed by atoms with Crippen LogP contribution in [0.5, 0.6) is 5.75 Å². The molecule has 1 aromatic rings. The standard InChI is InChI=1S/C11H11BrF2O2/c12-5-1-2-8-3-4-10(16-11(13)14)6-9(8)7-15/h3-4,6-7,11H,1-2,5H2. The highest BCUT2D eigenvalue weighted by molar-refractivity contribution is 9.09. The van der Waals surface area contributed by atoms with E-state index in [-0.39, 0.29) is 5.75 Å². The molecular formula is C11H11BrF2O2. The van der Waals surface area contributed by atoms with Crippen LogP contribution in [-0.2, 0) is 6.42 Å². The topological polar surface area (TPSA) is 26.3 Å². The molecule has 0 bridgehead atoms. The number of hydrogen-bond acceptors (Lipinski definition) is 2. The SMILES string of the molecule is O=Cc1cc(OC(F)F)ccc1CCCBr. The molecule has 1 aromatic carbocycles. The molecule has 0 aliphatic carbocycles. The molecule has 16 heavy (non-hydrogen) atoms. The van der Waals surface area contributed by atoms with Crippen LogP contribution >= 0.6 is 15.9 Å². The minimum atomic E-state index is -2.87. The second kappa shape index (κ2) is 6.58. The number of benzene rings is 1. The monoisotopic (exact) mass is 292 g/mol. The van der Waals surface area contributed by atoms with Gasteiger partial charge >= 0.3 is 6.61 Å². The minimum Gasteiger partial charge on any atom is -0.435 e. The third kappa shape index (κ3) is 3.89. The lowest BCUT2D eigenvalue weighted by molar-refractivity contribution is -0.0498. The van der Waals surface area contributed by atoms with Crippen molar-refractivity contribution in [2.75, 3.05) is 5.33 Å². The van der Waals surface area contributed by atoms with Crippen LogP contribution in [0, 0.1) is 0 Å². The van der Waals surface area contributed by atoms with Crippen LogP contribution in [0.25, 0.3) is 0 Å². The zero-order valence-electron chi connectivity index (χ0n) is 8.46. The van der Waals surface area contributed by atoms with Crippen molar-refractivity contribution in [1.29, 1.82) is 0 Å². The maximum absolute atomic E-state index is 11.9. The molecule has 0 aromatic heterocycles. The van der Waals surface area contributed by atoms with Crippen molar-refractivity contribution in [3.8, 4) is 5.75 Å². The molecule has 0 atom stereocenters. The van der Waals surface area contributed by atoms with Gasteiger partial charge in [0.2, 0.25) is 0 Å². The summed E-state index contributed by atoms with van der Waals surface area (Å²) in [6.07, 6.45) is 2.27. The van der Waals surface area contributed by atoms with Crippen LogP contribution in [0.2, 0.25) is 0 Å². The second-order valence-electron chi connectivity index (χ2n) is 3.15. The highest BCUT2D eigenvalue weighted by Crippen LogP contribution is 2.19. The number of aldehydes is 1. The lowest BCUT2D eigenvalue weighted by atomic mass is 10.0. The van der Waals surface area contributed by atoms with Crippen LogP contribution in [0.15, 0.2) is 18.2 Å². The molecule has 0 saturated carbocycles. The Morgan fingerprint density at radius 3 is 2.75 bits per heavy atom. The molecule has 88 valence electrons. The van der Waals surface area contributed by atoms with Crippen LogP contribution in [-0.4, -0.2) is 18.2 Å².